The number of aromatic nitrogens is 1. The first-order valence-corrected chi connectivity index (χ1v) is 5.89. The molecule has 0 N–H and O–H groups in total. The zero-order valence-electron chi connectivity index (χ0n) is 10.2. The Morgan fingerprint density at radius 2 is 2.06 bits per heavy atom. The summed E-state index contributed by atoms with van der Waals surface area (Å²) in [5, 5.41) is 0. The smallest absolute Gasteiger partial charge is 0.258 e. The van der Waals surface area contributed by atoms with Crippen molar-refractivity contribution in [1.29, 1.82) is 0 Å². The average Bonchev–Trinajstić information content (AvgIpc) is 2.29. The van der Waals surface area contributed by atoms with Crippen LogP contribution < -0.4 is 0 Å². The van der Waals surface area contributed by atoms with Crippen molar-refractivity contribution in [2.24, 2.45) is 5.41 Å². The number of pyridine rings is 1. The maximum absolute atomic E-state index is 13.4. The van der Waals surface area contributed by atoms with Crippen molar-refractivity contribution in [3.05, 3.63) is 29.8 Å². The number of rotatable bonds is 1. The van der Waals surface area contributed by atoms with Crippen LogP contribution in [-0.2, 0) is 0 Å². The topological polar surface area (TPSA) is 33.2 Å². The number of likely N-dealkylation sites (tertiary alicyclic amines) is 1. The van der Waals surface area contributed by atoms with Crippen LogP contribution in [0.25, 0.3) is 0 Å². The molecule has 1 amide bonds. The van der Waals surface area contributed by atoms with Crippen LogP contribution in [0.4, 0.5) is 4.39 Å². The van der Waals surface area contributed by atoms with Gasteiger partial charge in [0.25, 0.3) is 5.91 Å². The Morgan fingerprint density at radius 3 is 2.65 bits per heavy atom. The molecular formula is C13H17FN2O. The van der Waals surface area contributed by atoms with E-state index >= 15 is 0 Å². The van der Waals surface area contributed by atoms with Crippen molar-refractivity contribution >= 4 is 5.91 Å². The van der Waals surface area contributed by atoms with Crippen LogP contribution in [0.3, 0.4) is 0 Å². The summed E-state index contributed by atoms with van der Waals surface area (Å²) in [6, 6.07) is 3.08. The molecule has 0 aromatic carbocycles. The van der Waals surface area contributed by atoms with E-state index in [-0.39, 0.29) is 16.9 Å². The van der Waals surface area contributed by atoms with E-state index in [1.807, 2.05) is 0 Å². The van der Waals surface area contributed by atoms with Crippen LogP contribution in [0.1, 0.15) is 37.0 Å². The first-order valence-electron chi connectivity index (χ1n) is 5.89. The van der Waals surface area contributed by atoms with Crippen molar-refractivity contribution in [3.8, 4) is 0 Å². The molecule has 2 rings (SSSR count). The molecule has 0 radical (unpaired) electrons. The molecule has 2 heterocycles. The molecule has 0 atom stereocenters. The van der Waals surface area contributed by atoms with Gasteiger partial charge in [-0.25, -0.2) is 4.98 Å². The first kappa shape index (κ1) is 12.0. The number of hydrogen-bond donors (Lipinski definition) is 0. The van der Waals surface area contributed by atoms with Gasteiger partial charge in [0.2, 0.25) is 5.95 Å². The monoisotopic (exact) mass is 236 g/mol. The van der Waals surface area contributed by atoms with Crippen molar-refractivity contribution in [3.63, 3.8) is 0 Å². The molecule has 1 aromatic heterocycles. The van der Waals surface area contributed by atoms with Crippen molar-refractivity contribution in [2.75, 3.05) is 13.1 Å². The predicted octanol–water partition coefficient (Wildman–Crippen LogP) is 2.48. The Hall–Kier alpha value is -1.45. The summed E-state index contributed by atoms with van der Waals surface area (Å²) in [7, 11) is 0. The summed E-state index contributed by atoms with van der Waals surface area (Å²) in [5.41, 5.74) is 0.358. The Labute approximate surface area is 101 Å². The van der Waals surface area contributed by atoms with Gasteiger partial charge in [-0.15, -0.1) is 0 Å². The highest BCUT2D eigenvalue weighted by molar-refractivity contribution is 5.94. The number of nitrogens with zero attached hydrogens (tertiary/aromatic N) is 2. The molecule has 17 heavy (non-hydrogen) atoms. The molecule has 0 unspecified atom stereocenters. The van der Waals surface area contributed by atoms with Gasteiger partial charge in [0, 0.05) is 19.3 Å². The van der Waals surface area contributed by atoms with Gasteiger partial charge >= 0.3 is 0 Å². The van der Waals surface area contributed by atoms with Crippen LogP contribution in [0.5, 0.6) is 0 Å². The van der Waals surface area contributed by atoms with E-state index in [1.165, 1.54) is 12.3 Å². The Balaban J connectivity index is 2.10. The third-order valence-corrected chi connectivity index (χ3v) is 3.39. The van der Waals surface area contributed by atoms with Gasteiger partial charge in [0.05, 0.1) is 5.56 Å². The van der Waals surface area contributed by atoms with E-state index in [9.17, 15) is 9.18 Å². The Morgan fingerprint density at radius 1 is 1.41 bits per heavy atom. The van der Waals surface area contributed by atoms with Crippen molar-refractivity contribution < 1.29 is 9.18 Å². The lowest BCUT2D eigenvalue weighted by Gasteiger charge is -2.36. The molecule has 0 aliphatic carbocycles. The first-order chi connectivity index (χ1) is 7.99. The standard InChI is InChI=1S/C13H17FN2O/c1-13(2)5-8-16(9-6-13)12(17)10-4-3-7-15-11(10)14/h3-4,7H,5-6,8-9H2,1-2H3. The highest BCUT2D eigenvalue weighted by atomic mass is 19.1. The normalized spacial score (nSPS) is 19.1. The molecule has 1 saturated heterocycles. The second-order valence-electron chi connectivity index (χ2n) is 5.30. The van der Waals surface area contributed by atoms with Crippen molar-refractivity contribution in [1.82, 2.24) is 9.88 Å². The lowest BCUT2D eigenvalue weighted by atomic mass is 9.82. The maximum atomic E-state index is 13.4. The third kappa shape index (κ3) is 2.62. The van der Waals surface area contributed by atoms with Crippen LogP contribution in [0.2, 0.25) is 0 Å². The predicted molar refractivity (Wildman–Crippen MR) is 63.1 cm³/mol. The molecule has 0 spiro atoms. The Kier molecular flexibility index (Phi) is 3.13. The van der Waals surface area contributed by atoms with Crippen molar-refractivity contribution in [2.45, 2.75) is 26.7 Å². The van der Waals surface area contributed by atoms with Crippen LogP contribution in [-0.4, -0.2) is 28.9 Å². The second-order valence-corrected chi connectivity index (χ2v) is 5.30. The SMILES string of the molecule is CC1(C)CCN(C(=O)c2cccnc2F)CC1. The summed E-state index contributed by atoms with van der Waals surface area (Å²) >= 11 is 0. The summed E-state index contributed by atoms with van der Waals surface area (Å²) in [6.45, 7) is 5.78. The van der Waals surface area contributed by atoms with Gasteiger partial charge in [-0.1, -0.05) is 13.8 Å². The lowest BCUT2D eigenvalue weighted by Crippen LogP contribution is -2.41. The molecule has 3 nitrogen and oxygen atoms in total. The molecule has 0 bridgehead atoms. The highest BCUT2D eigenvalue weighted by Gasteiger charge is 2.29. The maximum Gasteiger partial charge on any atom is 0.258 e. The number of carbonyl (C=O) groups excluding carboxylic acids is 1. The summed E-state index contributed by atoms with van der Waals surface area (Å²) in [4.78, 5) is 17.3. The van der Waals surface area contributed by atoms with Gasteiger partial charge in [-0.2, -0.15) is 4.39 Å². The summed E-state index contributed by atoms with van der Waals surface area (Å²) in [6.07, 6.45) is 3.27. The van der Waals surface area contributed by atoms with Gasteiger partial charge in [0.15, 0.2) is 0 Å². The lowest BCUT2D eigenvalue weighted by molar-refractivity contribution is 0.0624. The van der Waals surface area contributed by atoms with Gasteiger partial charge in [-0.3, -0.25) is 4.79 Å². The van der Waals surface area contributed by atoms with E-state index in [2.05, 4.69) is 18.8 Å². The molecule has 92 valence electrons. The fourth-order valence-electron chi connectivity index (χ4n) is 2.03. The number of halogens is 1. The van der Waals surface area contributed by atoms with Crippen LogP contribution in [0.15, 0.2) is 18.3 Å². The molecule has 4 heteroatoms. The largest absolute Gasteiger partial charge is 0.338 e. The summed E-state index contributed by atoms with van der Waals surface area (Å²) < 4.78 is 13.4. The number of piperidine rings is 1. The quantitative estimate of drug-likeness (QED) is 0.702. The summed E-state index contributed by atoms with van der Waals surface area (Å²) in [5.74, 6) is -0.923. The minimum absolute atomic E-state index is 0.0761. The van der Waals surface area contributed by atoms with Gasteiger partial charge in [0.1, 0.15) is 0 Å². The molecule has 1 aliphatic heterocycles. The second kappa shape index (κ2) is 4.43. The number of carbonyl (C=O) groups is 1. The zero-order chi connectivity index (χ0) is 12.5. The highest BCUT2D eigenvalue weighted by Crippen LogP contribution is 2.30. The van der Waals surface area contributed by atoms with E-state index in [0.29, 0.717) is 13.1 Å². The van der Waals surface area contributed by atoms with E-state index < -0.39 is 5.95 Å². The zero-order valence-corrected chi connectivity index (χ0v) is 10.2. The average molecular weight is 236 g/mol. The van der Waals surface area contributed by atoms with E-state index in [0.717, 1.165) is 12.8 Å². The van der Waals surface area contributed by atoms with Gasteiger partial charge < -0.3 is 4.90 Å². The minimum atomic E-state index is -0.678. The molecule has 0 saturated carbocycles. The Bertz CT molecular complexity index is 421. The van der Waals surface area contributed by atoms with E-state index in [4.69, 9.17) is 0 Å². The fraction of sp³-hybridized carbons (Fsp3) is 0.538. The molecule has 1 fully saturated rings. The minimum Gasteiger partial charge on any atom is -0.338 e. The molecular weight excluding hydrogens is 219 g/mol. The third-order valence-electron chi connectivity index (χ3n) is 3.39. The fourth-order valence-corrected chi connectivity index (χ4v) is 2.03. The molecule has 1 aliphatic rings. The van der Waals surface area contributed by atoms with Gasteiger partial charge in [-0.05, 0) is 30.4 Å². The van der Waals surface area contributed by atoms with Crippen LogP contribution >= 0.6 is 0 Å². The number of hydrogen-bond acceptors (Lipinski definition) is 2. The molecule has 1 aromatic rings. The van der Waals surface area contributed by atoms with E-state index in [1.54, 1.807) is 11.0 Å². The number of amides is 1. The van der Waals surface area contributed by atoms with Crippen LogP contribution in [0, 0.1) is 11.4 Å².